The minimum absolute atomic E-state index is 0.00892. The van der Waals surface area contributed by atoms with Gasteiger partial charge in [0.15, 0.2) is 0 Å². The molecule has 2 aliphatic rings. The first kappa shape index (κ1) is 28.2. The number of carbonyl (C=O) groups is 3. The Morgan fingerprint density at radius 3 is 2.44 bits per heavy atom. The highest BCUT2D eigenvalue weighted by Crippen LogP contribution is 2.41. The molecule has 2 amide bonds. The van der Waals surface area contributed by atoms with Crippen LogP contribution in [0.5, 0.6) is 0 Å². The molecule has 1 saturated carbocycles. The van der Waals surface area contributed by atoms with Crippen LogP contribution in [-0.2, 0) is 29.2 Å². The Morgan fingerprint density at radius 2 is 1.85 bits per heavy atom. The zero-order valence-electron chi connectivity index (χ0n) is 21.9. The van der Waals surface area contributed by atoms with Crippen LogP contribution in [0.1, 0.15) is 48.8 Å². The second kappa shape index (κ2) is 11.1. The molecule has 0 saturated heterocycles. The van der Waals surface area contributed by atoms with E-state index in [0.29, 0.717) is 42.8 Å². The number of benzene rings is 1. The van der Waals surface area contributed by atoms with Crippen molar-refractivity contribution in [2.45, 2.75) is 69.4 Å². The van der Waals surface area contributed by atoms with E-state index in [1.807, 2.05) is 6.92 Å². The molecule has 2 heterocycles. The number of nitrogens with one attached hydrogen (secondary N) is 4. The summed E-state index contributed by atoms with van der Waals surface area (Å²) >= 11 is 0. The van der Waals surface area contributed by atoms with Gasteiger partial charge in [-0.2, -0.15) is 4.72 Å². The Morgan fingerprint density at radius 1 is 1.18 bits per heavy atom. The fourth-order valence-electron chi connectivity index (χ4n) is 5.18. The molecule has 1 atom stereocenters. The Labute approximate surface area is 225 Å². The molecule has 13 nitrogen and oxygen atoms in total. The maximum atomic E-state index is 13.0. The number of oxime groups is 1. The predicted octanol–water partition coefficient (Wildman–Crippen LogP) is 1.53. The first-order valence-electron chi connectivity index (χ1n) is 12.6. The molecule has 4 rings (SSSR count). The number of aromatic amines is 1. The standard InChI is InChI=1S/C25H32N6O7S/c1-14-10-15(2)20(16(3)11-14)39(36,37)31-19(23(34)35)13-28-22(33)18-12-25(38-30-18)6-4-17(5-7-25)21(32)29-24-26-8-9-27-24/h8-11,17,19,31H,4-7,12-13H2,1-3H3,(H,28,33)(H,34,35)(H2,26,27,29,32)/t17?,19-,25?/m0/s1. The number of carbonyl (C=O) groups excluding carboxylic acids is 2. The summed E-state index contributed by atoms with van der Waals surface area (Å²) in [6.07, 6.45) is 5.46. The molecule has 0 radical (unpaired) electrons. The molecule has 0 unspecified atom stereocenters. The van der Waals surface area contributed by atoms with Crippen molar-refractivity contribution in [2.24, 2.45) is 11.1 Å². The highest BCUT2D eigenvalue weighted by molar-refractivity contribution is 7.89. The third-order valence-corrected chi connectivity index (χ3v) is 8.82. The van der Waals surface area contributed by atoms with E-state index in [-0.39, 0.29) is 28.9 Å². The van der Waals surface area contributed by atoms with E-state index in [9.17, 15) is 27.9 Å². The number of hydrogen-bond donors (Lipinski definition) is 5. The molecule has 1 aromatic carbocycles. The first-order chi connectivity index (χ1) is 18.4. The molecule has 39 heavy (non-hydrogen) atoms. The highest BCUT2D eigenvalue weighted by Gasteiger charge is 2.45. The Bertz CT molecular complexity index is 1370. The number of anilines is 1. The van der Waals surface area contributed by atoms with E-state index < -0.39 is 40.1 Å². The average molecular weight is 561 g/mol. The molecule has 1 aromatic heterocycles. The van der Waals surface area contributed by atoms with Crippen LogP contribution in [-0.4, -0.2) is 65.2 Å². The van der Waals surface area contributed by atoms with Gasteiger partial charge in [0.2, 0.25) is 21.9 Å². The van der Waals surface area contributed by atoms with Crippen molar-refractivity contribution in [3.8, 4) is 0 Å². The van der Waals surface area contributed by atoms with Crippen LogP contribution >= 0.6 is 0 Å². The number of aryl methyl sites for hydroxylation is 3. The van der Waals surface area contributed by atoms with E-state index in [4.69, 9.17) is 4.84 Å². The van der Waals surface area contributed by atoms with E-state index in [2.05, 4.69) is 30.5 Å². The zero-order valence-corrected chi connectivity index (χ0v) is 22.7. The summed E-state index contributed by atoms with van der Waals surface area (Å²) in [6.45, 7) is 4.63. The summed E-state index contributed by atoms with van der Waals surface area (Å²) < 4.78 is 28.2. The van der Waals surface area contributed by atoms with Gasteiger partial charge in [-0.3, -0.25) is 19.7 Å². The number of H-pyrrole nitrogens is 1. The molecule has 1 spiro atoms. The fraction of sp³-hybridized carbons (Fsp3) is 0.480. The van der Waals surface area contributed by atoms with Crippen LogP contribution in [0.3, 0.4) is 0 Å². The summed E-state index contributed by atoms with van der Waals surface area (Å²) in [5.74, 6) is -2.07. The van der Waals surface area contributed by atoms with Crippen LogP contribution in [0.2, 0.25) is 0 Å². The lowest BCUT2D eigenvalue weighted by atomic mass is 9.76. The Balaban J connectivity index is 1.31. The number of carboxylic acids is 1. The topological polar surface area (TPSA) is 192 Å². The van der Waals surface area contributed by atoms with Gasteiger partial charge >= 0.3 is 5.97 Å². The number of aliphatic carboxylic acids is 1. The molecule has 1 fully saturated rings. The summed E-state index contributed by atoms with van der Waals surface area (Å²) in [4.78, 5) is 49.5. The number of rotatable bonds is 9. The summed E-state index contributed by atoms with van der Waals surface area (Å²) in [6, 6.07) is 1.80. The van der Waals surface area contributed by atoms with Crippen LogP contribution in [0.25, 0.3) is 0 Å². The third-order valence-electron chi connectivity index (χ3n) is 7.04. The van der Waals surface area contributed by atoms with E-state index >= 15 is 0 Å². The van der Waals surface area contributed by atoms with Crippen molar-refractivity contribution >= 4 is 39.5 Å². The van der Waals surface area contributed by atoms with Crippen molar-refractivity contribution in [3.05, 3.63) is 41.2 Å². The van der Waals surface area contributed by atoms with Gasteiger partial charge in [0.1, 0.15) is 17.4 Å². The number of imidazole rings is 1. The van der Waals surface area contributed by atoms with Gasteiger partial charge in [-0.15, -0.1) is 0 Å². The smallest absolute Gasteiger partial charge is 0.323 e. The highest BCUT2D eigenvalue weighted by atomic mass is 32.2. The van der Waals surface area contributed by atoms with Crippen LogP contribution < -0.4 is 15.4 Å². The normalized spacial score (nSPS) is 21.6. The van der Waals surface area contributed by atoms with E-state index in [0.717, 1.165) is 5.56 Å². The minimum atomic E-state index is -4.18. The van der Waals surface area contributed by atoms with Crippen molar-refractivity contribution in [2.75, 3.05) is 11.9 Å². The number of hydrogen-bond acceptors (Lipinski definition) is 8. The second-order valence-corrected chi connectivity index (χ2v) is 11.8. The molecule has 14 heteroatoms. The first-order valence-corrected chi connectivity index (χ1v) is 14.0. The molecule has 2 aromatic rings. The van der Waals surface area contributed by atoms with Crippen LogP contribution in [0.4, 0.5) is 5.95 Å². The molecule has 1 aliphatic heterocycles. The maximum absolute atomic E-state index is 13.0. The van der Waals surface area contributed by atoms with Gasteiger partial charge in [0.25, 0.3) is 5.91 Å². The SMILES string of the molecule is Cc1cc(C)c(S(=O)(=O)N[C@@H](CNC(=O)C2=NOC3(CCC(C(=O)Nc4ncc[nH]4)CC3)C2)C(=O)O)c(C)c1. The third kappa shape index (κ3) is 6.45. The number of carboxylic acid groups (broad SMARTS) is 1. The summed E-state index contributed by atoms with van der Waals surface area (Å²) in [7, 11) is -4.18. The second-order valence-electron chi connectivity index (χ2n) is 10.1. The van der Waals surface area contributed by atoms with Gasteiger partial charge in [-0.1, -0.05) is 22.9 Å². The Hall–Kier alpha value is -3.78. The van der Waals surface area contributed by atoms with E-state index in [1.54, 1.807) is 38.4 Å². The van der Waals surface area contributed by atoms with Gasteiger partial charge in [-0.05, 0) is 57.6 Å². The van der Waals surface area contributed by atoms with Crippen molar-refractivity contribution in [1.29, 1.82) is 0 Å². The number of nitrogens with zero attached hydrogens (tertiary/aromatic N) is 2. The minimum Gasteiger partial charge on any atom is -0.480 e. The van der Waals surface area contributed by atoms with Gasteiger partial charge < -0.3 is 20.2 Å². The monoisotopic (exact) mass is 560 g/mol. The largest absolute Gasteiger partial charge is 0.480 e. The van der Waals surface area contributed by atoms with Crippen LogP contribution in [0, 0.1) is 26.7 Å². The van der Waals surface area contributed by atoms with E-state index in [1.165, 1.54) is 0 Å². The van der Waals surface area contributed by atoms with Crippen molar-refractivity contribution in [3.63, 3.8) is 0 Å². The molecule has 5 N–H and O–H groups in total. The lowest BCUT2D eigenvalue weighted by Gasteiger charge is -2.34. The Kier molecular flexibility index (Phi) is 8.07. The molecular weight excluding hydrogens is 528 g/mol. The molecular formula is C25H32N6O7S. The predicted molar refractivity (Wildman–Crippen MR) is 140 cm³/mol. The molecule has 1 aliphatic carbocycles. The van der Waals surface area contributed by atoms with Gasteiger partial charge in [0, 0.05) is 31.3 Å². The number of amides is 2. The maximum Gasteiger partial charge on any atom is 0.323 e. The lowest BCUT2D eigenvalue weighted by molar-refractivity contribution is -0.138. The quantitative estimate of drug-likeness (QED) is 0.305. The summed E-state index contributed by atoms with van der Waals surface area (Å²) in [5.41, 5.74) is 1.25. The molecule has 0 bridgehead atoms. The number of sulfonamides is 1. The van der Waals surface area contributed by atoms with Gasteiger partial charge in [-0.25, -0.2) is 13.4 Å². The van der Waals surface area contributed by atoms with Crippen molar-refractivity contribution < 1.29 is 32.7 Å². The fourth-order valence-corrected chi connectivity index (χ4v) is 6.83. The summed E-state index contributed by atoms with van der Waals surface area (Å²) in [5, 5.41) is 18.7. The van der Waals surface area contributed by atoms with Crippen molar-refractivity contribution in [1.82, 2.24) is 20.0 Å². The number of aromatic nitrogens is 2. The molecule has 210 valence electrons. The zero-order chi connectivity index (χ0) is 28.4. The lowest BCUT2D eigenvalue weighted by Crippen LogP contribution is -2.49. The average Bonchev–Trinajstić information content (AvgIpc) is 3.51. The van der Waals surface area contributed by atoms with Crippen LogP contribution in [0.15, 0.2) is 34.6 Å². The van der Waals surface area contributed by atoms with Gasteiger partial charge in [0.05, 0.1) is 4.90 Å².